The van der Waals surface area contributed by atoms with Crippen LogP contribution in [0.25, 0.3) is 11.5 Å². The predicted molar refractivity (Wildman–Crippen MR) is 109 cm³/mol. The number of aryl methyl sites for hydroxylation is 3. The SMILES string of the molecule is CCc1ccc(NC(=O)[C@@H](C)Sc2nnc(-c3cc(C)cc(C)c3)o2)cc1. The fourth-order valence-corrected chi connectivity index (χ4v) is 3.43. The Hall–Kier alpha value is -2.60. The summed E-state index contributed by atoms with van der Waals surface area (Å²) in [4.78, 5) is 12.4. The molecule has 3 aromatic rings. The lowest BCUT2D eigenvalue weighted by atomic mass is 10.1. The number of hydrogen-bond donors (Lipinski definition) is 1. The van der Waals surface area contributed by atoms with E-state index in [0.29, 0.717) is 11.1 Å². The second-order valence-corrected chi connectivity index (χ2v) is 7.84. The lowest BCUT2D eigenvalue weighted by Gasteiger charge is -2.10. The zero-order valence-corrected chi connectivity index (χ0v) is 16.8. The average molecular weight is 382 g/mol. The Labute approximate surface area is 163 Å². The summed E-state index contributed by atoms with van der Waals surface area (Å²) in [6.07, 6.45) is 0.973. The van der Waals surface area contributed by atoms with E-state index in [-0.39, 0.29) is 11.2 Å². The Morgan fingerprint density at radius 2 is 1.78 bits per heavy atom. The molecule has 0 radical (unpaired) electrons. The van der Waals surface area contributed by atoms with E-state index in [9.17, 15) is 4.79 Å². The summed E-state index contributed by atoms with van der Waals surface area (Å²) >= 11 is 1.25. The molecule has 0 fully saturated rings. The fourth-order valence-electron chi connectivity index (χ4n) is 2.74. The molecule has 1 aromatic heterocycles. The summed E-state index contributed by atoms with van der Waals surface area (Å²) in [7, 11) is 0. The standard InChI is InChI=1S/C21H23N3O2S/c1-5-16-6-8-18(9-7-16)22-19(25)15(4)27-21-24-23-20(26-21)17-11-13(2)10-14(3)12-17/h6-12,15H,5H2,1-4H3,(H,22,25)/t15-/m1/s1. The molecule has 1 amide bonds. The van der Waals surface area contributed by atoms with Crippen LogP contribution in [0, 0.1) is 13.8 Å². The van der Waals surface area contributed by atoms with Crippen LogP contribution in [0.15, 0.2) is 52.1 Å². The molecule has 27 heavy (non-hydrogen) atoms. The van der Waals surface area contributed by atoms with Crippen LogP contribution in [0.1, 0.15) is 30.5 Å². The molecular formula is C21H23N3O2S. The molecule has 0 aliphatic rings. The molecule has 0 aliphatic carbocycles. The summed E-state index contributed by atoms with van der Waals surface area (Å²) < 4.78 is 5.74. The minimum Gasteiger partial charge on any atom is -0.411 e. The minimum atomic E-state index is -0.358. The molecule has 5 nitrogen and oxygen atoms in total. The van der Waals surface area contributed by atoms with Gasteiger partial charge in [0.2, 0.25) is 11.8 Å². The van der Waals surface area contributed by atoms with Crippen LogP contribution in [0.3, 0.4) is 0 Å². The number of aromatic nitrogens is 2. The topological polar surface area (TPSA) is 68.0 Å². The minimum absolute atomic E-state index is 0.101. The molecule has 1 heterocycles. The van der Waals surface area contributed by atoms with Gasteiger partial charge in [0.05, 0.1) is 5.25 Å². The van der Waals surface area contributed by atoms with E-state index in [0.717, 1.165) is 28.8 Å². The number of amides is 1. The van der Waals surface area contributed by atoms with Gasteiger partial charge in [-0.15, -0.1) is 10.2 Å². The first kappa shape index (κ1) is 19.2. The molecule has 1 N–H and O–H groups in total. The number of carbonyl (C=O) groups excluding carboxylic acids is 1. The molecule has 0 saturated heterocycles. The molecular weight excluding hydrogens is 358 g/mol. The van der Waals surface area contributed by atoms with Crippen LogP contribution < -0.4 is 5.32 Å². The van der Waals surface area contributed by atoms with Crippen molar-refractivity contribution >= 4 is 23.4 Å². The first-order chi connectivity index (χ1) is 12.9. The number of anilines is 1. The lowest BCUT2D eigenvalue weighted by molar-refractivity contribution is -0.115. The van der Waals surface area contributed by atoms with Crippen molar-refractivity contribution < 1.29 is 9.21 Å². The Morgan fingerprint density at radius 3 is 2.41 bits per heavy atom. The van der Waals surface area contributed by atoms with Gasteiger partial charge in [0.1, 0.15) is 0 Å². The van der Waals surface area contributed by atoms with Gasteiger partial charge < -0.3 is 9.73 Å². The van der Waals surface area contributed by atoms with Crippen molar-refractivity contribution in [2.45, 2.75) is 44.6 Å². The molecule has 6 heteroatoms. The lowest BCUT2D eigenvalue weighted by Crippen LogP contribution is -2.22. The van der Waals surface area contributed by atoms with Crippen molar-refractivity contribution in [3.05, 3.63) is 59.2 Å². The second-order valence-electron chi connectivity index (χ2n) is 6.55. The van der Waals surface area contributed by atoms with Crippen molar-refractivity contribution in [1.29, 1.82) is 0 Å². The number of benzene rings is 2. The van der Waals surface area contributed by atoms with E-state index in [1.807, 2.05) is 57.2 Å². The van der Waals surface area contributed by atoms with Gasteiger partial charge in [0.15, 0.2) is 0 Å². The number of rotatable bonds is 6. The first-order valence-corrected chi connectivity index (χ1v) is 9.81. The Bertz CT molecular complexity index is 915. The van der Waals surface area contributed by atoms with Gasteiger partial charge in [-0.05, 0) is 57.0 Å². The summed E-state index contributed by atoms with van der Waals surface area (Å²) in [6.45, 7) is 7.98. The van der Waals surface area contributed by atoms with E-state index < -0.39 is 0 Å². The van der Waals surface area contributed by atoms with E-state index in [4.69, 9.17) is 4.42 Å². The van der Waals surface area contributed by atoms with Gasteiger partial charge in [0.25, 0.3) is 5.22 Å². The van der Waals surface area contributed by atoms with Gasteiger partial charge in [-0.25, -0.2) is 0 Å². The third-order valence-electron chi connectivity index (χ3n) is 4.15. The van der Waals surface area contributed by atoms with Crippen LogP contribution in [-0.2, 0) is 11.2 Å². The molecule has 1 atom stereocenters. The predicted octanol–water partition coefficient (Wildman–Crippen LogP) is 5.04. The van der Waals surface area contributed by atoms with E-state index >= 15 is 0 Å². The van der Waals surface area contributed by atoms with Crippen LogP contribution in [0.5, 0.6) is 0 Å². The molecule has 2 aromatic carbocycles. The Morgan fingerprint density at radius 1 is 1.11 bits per heavy atom. The van der Waals surface area contributed by atoms with E-state index in [1.165, 1.54) is 17.3 Å². The smallest absolute Gasteiger partial charge is 0.277 e. The summed E-state index contributed by atoms with van der Waals surface area (Å²) in [6, 6.07) is 14.0. The quantitative estimate of drug-likeness (QED) is 0.606. The number of nitrogens with zero attached hydrogens (tertiary/aromatic N) is 2. The monoisotopic (exact) mass is 381 g/mol. The highest BCUT2D eigenvalue weighted by molar-refractivity contribution is 8.00. The highest BCUT2D eigenvalue weighted by Crippen LogP contribution is 2.27. The average Bonchev–Trinajstić information content (AvgIpc) is 3.10. The fraction of sp³-hybridized carbons (Fsp3) is 0.286. The summed E-state index contributed by atoms with van der Waals surface area (Å²) in [5.41, 5.74) is 5.18. The summed E-state index contributed by atoms with van der Waals surface area (Å²) in [5.74, 6) is 0.363. The molecule has 0 aliphatic heterocycles. The highest BCUT2D eigenvalue weighted by Gasteiger charge is 2.19. The zero-order chi connectivity index (χ0) is 19.4. The van der Waals surface area contributed by atoms with E-state index in [2.05, 4.69) is 28.5 Å². The molecule has 0 unspecified atom stereocenters. The van der Waals surface area contributed by atoms with Crippen molar-refractivity contribution in [1.82, 2.24) is 10.2 Å². The third kappa shape index (κ3) is 4.98. The third-order valence-corrected chi connectivity index (χ3v) is 5.09. The number of thioether (sulfide) groups is 1. The molecule has 0 saturated carbocycles. The first-order valence-electron chi connectivity index (χ1n) is 8.93. The molecule has 140 valence electrons. The maximum atomic E-state index is 12.4. The number of hydrogen-bond acceptors (Lipinski definition) is 5. The van der Waals surface area contributed by atoms with Crippen LogP contribution in [0.2, 0.25) is 0 Å². The van der Waals surface area contributed by atoms with Crippen molar-refractivity contribution in [3.8, 4) is 11.5 Å². The number of carbonyl (C=O) groups is 1. The Kier molecular flexibility index (Phi) is 5.96. The number of nitrogens with one attached hydrogen (secondary N) is 1. The van der Waals surface area contributed by atoms with Crippen molar-refractivity contribution in [2.75, 3.05) is 5.32 Å². The normalized spacial score (nSPS) is 12.0. The van der Waals surface area contributed by atoms with Crippen LogP contribution in [0.4, 0.5) is 5.69 Å². The van der Waals surface area contributed by atoms with Gasteiger partial charge in [-0.1, -0.05) is 48.0 Å². The van der Waals surface area contributed by atoms with Crippen LogP contribution >= 0.6 is 11.8 Å². The largest absolute Gasteiger partial charge is 0.411 e. The maximum Gasteiger partial charge on any atom is 0.277 e. The maximum absolute atomic E-state index is 12.4. The zero-order valence-electron chi connectivity index (χ0n) is 15.9. The molecule has 0 spiro atoms. The second kappa shape index (κ2) is 8.39. The highest BCUT2D eigenvalue weighted by atomic mass is 32.2. The van der Waals surface area contributed by atoms with Gasteiger partial charge in [0, 0.05) is 11.3 Å². The van der Waals surface area contributed by atoms with E-state index in [1.54, 1.807) is 0 Å². The van der Waals surface area contributed by atoms with Gasteiger partial charge >= 0.3 is 0 Å². The molecule has 3 rings (SSSR count). The van der Waals surface area contributed by atoms with Crippen LogP contribution in [-0.4, -0.2) is 21.4 Å². The van der Waals surface area contributed by atoms with Gasteiger partial charge in [-0.3, -0.25) is 4.79 Å². The summed E-state index contributed by atoms with van der Waals surface area (Å²) in [5, 5.41) is 11.1. The molecule has 0 bridgehead atoms. The van der Waals surface area contributed by atoms with Crippen molar-refractivity contribution in [2.24, 2.45) is 0 Å². The Balaban J connectivity index is 1.64. The van der Waals surface area contributed by atoms with Crippen molar-refractivity contribution in [3.63, 3.8) is 0 Å². The van der Waals surface area contributed by atoms with Gasteiger partial charge in [-0.2, -0.15) is 0 Å².